The van der Waals surface area contributed by atoms with Crippen LogP contribution in [0.1, 0.15) is 16.7 Å². The number of hydrogen-bond donors (Lipinski definition) is 1. The minimum Gasteiger partial charge on any atom is -0.493 e. The van der Waals surface area contributed by atoms with E-state index in [9.17, 15) is 4.79 Å². The summed E-state index contributed by atoms with van der Waals surface area (Å²) in [4.78, 5) is 15.2. The number of morpholine rings is 1. The van der Waals surface area contributed by atoms with Gasteiger partial charge in [-0.25, -0.2) is 0 Å². The predicted molar refractivity (Wildman–Crippen MR) is 107 cm³/mol. The van der Waals surface area contributed by atoms with Gasteiger partial charge in [0, 0.05) is 42.6 Å². The molecule has 2 aromatic carbocycles. The largest absolute Gasteiger partial charge is 0.493 e. The normalized spacial score (nSPS) is 17.5. The van der Waals surface area contributed by atoms with Crippen molar-refractivity contribution in [3.05, 3.63) is 47.0 Å². The summed E-state index contributed by atoms with van der Waals surface area (Å²) < 4.78 is 17.1. The van der Waals surface area contributed by atoms with Gasteiger partial charge in [0.05, 0.1) is 44.2 Å². The SMILES string of the molecule is O=C(Cc1c2c(cc3c1OCC3)OCC2)Nc1ccccc1N1CCOCC1. The van der Waals surface area contributed by atoms with E-state index >= 15 is 0 Å². The van der Waals surface area contributed by atoms with Gasteiger partial charge >= 0.3 is 0 Å². The highest BCUT2D eigenvalue weighted by atomic mass is 16.5. The lowest BCUT2D eigenvalue weighted by Gasteiger charge is -2.30. The number of fused-ring (bicyclic) bond motifs is 2. The highest BCUT2D eigenvalue weighted by Crippen LogP contribution is 2.41. The molecule has 146 valence electrons. The molecule has 1 saturated heterocycles. The first-order valence-corrected chi connectivity index (χ1v) is 9.94. The van der Waals surface area contributed by atoms with E-state index in [4.69, 9.17) is 14.2 Å². The molecule has 3 aliphatic heterocycles. The molecule has 3 heterocycles. The monoisotopic (exact) mass is 380 g/mol. The fourth-order valence-electron chi connectivity index (χ4n) is 4.29. The molecule has 5 rings (SSSR count). The van der Waals surface area contributed by atoms with E-state index in [0.717, 1.165) is 65.5 Å². The number of nitrogens with zero attached hydrogens (tertiary/aromatic N) is 1. The fourth-order valence-corrected chi connectivity index (χ4v) is 4.29. The third kappa shape index (κ3) is 3.18. The Kier molecular flexibility index (Phi) is 4.56. The van der Waals surface area contributed by atoms with Gasteiger partial charge in [-0.15, -0.1) is 0 Å². The lowest BCUT2D eigenvalue weighted by atomic mass is 9.97. The zero-order chi connectivity index (χ0) is 18.9. The Morgan fingerprint density at radius 3 is 2.75 bits per heavy atom. The summed E-state index contributed by atoms with van der Waals surface area (Å²) >= 11 is 0. The van der Waals surface area contributed by atoms with Gasteiger partial charge in [0.25, 0.3) is 0 Å². The van der Waals surface area contributed by atoms with Gasteiger partial charge in [0.2, 0.25) is 5.91 Å². The van der Waals surface area contributed by atoms with Crippen molar-refractivity contribution in [1.29, 1.82) is 0 Å². The molecule has 0 spiro atoms. The summed E-state index contributed by atoms with van der Waals surface area (Å²) in [6, 6.07) is 10.1. The molecule has 0 aliphatic carbocycles. The number of carbonyl (C=O) groups excluding carboxylic acids is 1. The summed E-state index contributed by atoms with van der Waals surface area (Å²) in [5, 5.41) is 3.12. The van der Waals surface area contributed by atoms with E-state index in [1.165, 1.54) is 0 Å². The third-order valence-electron chi connectivity index (χ3n) is 5.63. The molecular weight excluding hydrogens is 356 g/mol. The van der Waals surface area contributed by atoms with E-state index in [2.05, 4.69) is 22.3 Å². The number of hydrogen-bond acceptors (Lipinski definition) is 5. The number of nitrogens with one attached hydrogen (secondary N) is 1. The average molecular weight is 380 g/mol. The van der Waals surface area contributed by atoms with Crippen LogP contribution in [0.3, 0.4) is 0 Å². The Balaban J connectivity index is 1.38. The molecule has 2 aromatic rings. The lowest BCUT2D eigenvalue weighted by Crippen LogP contribution is -2.36. The number of rotatable bonds is 4. The van der Waals surface area contributed by atoms with Gasteiger partial charge in [-0.2, -0.15) is 0 Å². The van der Waals surface area contributed by atoms with Crippen molar-refractivity contribution in [2.45, 2.75) is 19.3 Å². The second-order valence-corrected chi connectivity index (χ2v) is 7.36. The molecule has 0 aromatic heterocycles. The van der Waals surface area contributed by atoms with Crippen LogP contribution in [-0.2, 0) is 28.8 Å². The summed E-state index contributed by atoms with van der Waals surface area (Å²) in [7, 11) is 0. The maximum absolute atomic E-state index is 13.0. The Bertz CT molecular complexity index is 873. The van der Waals surface area contributed by atoms with Crippen molar-refractivity contribution in [1.82, 2.24) is 0 Å². The second-order valence-electron chi connectivity index (χ2n) is 7.36. The van der Waals surface area contributed by atoms with E-state index in [0.29, 0.717) is 32.8 Å². The molecule has 0 radical (unpaired) electrons. The van der Waals surface area contributed by atoms with Crippen molar-refractivity contribution in [3.8, 4) is 11.5 Å². The Labute approximate surface area is 164 Å². The molecule has 6 nitrogen and oxygen atoms in total. The predicted octanol–water partition coefficient (Wildman–Crippen LogP) is 2.57. The average Bonchev–Trinajstić information content (AvgIpc) is 3.38. The molecule has 0 unspecified atom stereocenters. The Morgan fingerprint density at radius 1 is 1.04 bits per heavy atom. The van der Waals surface area contributed by atoms with Gasteiger partial charge in [-0.1, -0.05) is 12.1 Å². The van der Waals surface area contributed by atoms with Crippen LogP contribution in [0.5, 0.6) is 11.5 Å². The van der Waals surface area contributed by atoms with E-state index in [1.54, 1.807) is 0 Å². The Morgan fingerprint density at radius 2 is 1.86 bits per heavy atom. The van der Waals surface area contributed by atoms with Gasteiger partial charge in [-0.3, -0.25) is 4.79 Å². The number of benzene rings is 2. The molecular formula is C22H24N2O4. The lowest BCUT2D eigenvalue weighted by molar-refractivity contribution is -0.115. The first kappa shape index (κ1) is 17.4. The fraction of sp³-hybridized carbons (Fsp3) is 0.409. The first-order chi connectivity index (χ1) is 13.8. The van der Waals surface area contributed by atoms with E-state index in [1.807, 2.05) is 18.2 Å². The maximum atomic E-state index is 13.0. The van der Waals surface area contributed by atoms with Crippen LogP contribution in [0.4, 0.5) is 11.4 Å². The van der Waals surface area contributed by atoms with Crippen LogP contribution in [0.15, 0.2) is 30.3 Å². The maximum Gasteiger partial charge on any atom is 0.229 e. The van der Waals surface area contributed by atoms with Crippen molar-refractivity contribution in [2.75, 3.05) is 49.7 Å². The van der Waals surface area contributed by atoms with Crippen LogP contribution < -0.4 is 19.7 Å². The molecule has 0 bridgehead atoms. The van der Waals surface area contributed by atoms with Crippen LogP contribution in [-0.4, -0.2) is 45.4 Å². The summed E-state index contributed by atoms with van der Waals surface area (Å²) in [6.07, 6.45) is 2.01. The number of carbonyl (C=O) groups is 1. The van der Waals surface area contributed by atoms with Crippen molar-refractivity contribution in [2.24, 2.45) is 0 Å². The van der Waals surface area contributed by atoms with Crippen LogP contribution in [0.2, 0.25) is 0 Å². The van der Waals surface area contributed by atoms with Crippen LogP contribution >= 0.6 is 0 Å². The highest BCUT2D eigenvalue weighted by Gasteiger charge is 2.28. The molecule has 0 atom stereocenters. The van der Waals surface area contributed by atoms with Crippen molar-refractivity contribution in [3.63, 3.8) is 0 Å². The highest BCUT2D eigenvalue weighted by molar-refractivity contribution is 5.96. The quantitative estimate of drug-likeness (QED) is 0.884. The zero-order valence-corrected chi connectivity index (χ0v) is 15.8. The van der Waals surface area contributed by atoms with Crippen LogP contribution in [0.25, 0.3) is 0 Å². The number of amides is 1. The summed E-state index contributed by atoms with van der Waals surface area (Å²) in [6.45, 7) is 4.43. The minimum atomic E-state index is -0.0290. The minimum absolute atomic E-state index is 0.0290. The number of ether oxygens (including phenoxy) is 3. The van der Waals surface area contributed by atoms with Crippen molar-refractivity contribution < 1.29 is 19.0 Å². The third-order valence-corrected chi connectivity index (χ3v) is 5.63. The first-order valence-electron chi connectivity index (χ1n) is 9.94. The van der Waals surface area contributed by atoms with E-state index < -0.39 is 0 Å². The number of anilines is 2. The standard InChI is InChI=1S/C22H24N2O4/c25-21(23-18-3-1-2-4-19(18)24-7-11-26-12-8-24)14-17-16-6-10-27-20(16)13-15-5-9-28-22(15)17/h1-4,13H,5-12,14H2,(H,23,25). The Hall–Kier alpha value is -2.73. The number of para-hydroxylation sites is 2. The van der Waals surface area contributed by atoms with Crippen LogP contribution in [0, 0.1) is 0 Å². The topological polar surface area (TPSA) is 60.0 Å². The molecule has 3 aliphatic rings. The molecule has 0 saturated carbocycles. The molecule has 1 fully saturated rings. The van der Waals surface area contributed by atoms with Gasteiger partial charge < -0.3 is 24.4 Å². The summed E-state index contributed by atoms with van der Waals surface area (Å²) in [5.74, 6) is 1.78. The molecule has 28 heavy (non-hydrogen) atoms. The smallest absolute Gasteiger partial charge is 0.229 e. The second kappa shape index (κ2) is 7.36. The van der Waals surface area contributed by atoms with Crippen molar-refractivity contribution >= 4 is 17.3 Å². The summed E-state index contributed by atoms with van der Waals surface area (Å²) in [5.41, 5.74) is 5.15. The molecule has 1 N–H and O–H groups in total. The van der Waals surface area contributed by atoms with Gasteiger partial charge in [-0.05, 0) is 18.2 Å². The molecule has 6 heteroatoms. The van der Waals surface area contributed by atoms with E-state index in [-0.39, 0.29) is 5.91 Å². The molecule has 1 amide bonds. The zero-order valence-electron chi connectivity index (χ0n) is 15.8. The van der Waals surface area contributed by atoms with Gasteiger partial charge in [0.15, 0.2) is 0 Å². The van der Waals surface area contributed by atoms with Gasteiger partial charge in [0.1, 0.15) is 11.5 Å².